The number of benzene rings is 2. The number of aliphatic hydroxyl groups excluding tert-OH is 1. The summed E-state index contributed by atoms with van der Waals surface area (Å²) in [6.07, 6.45) is 2.85. The van der Waals surface area contributed by atoms with Gasteiger partial charge in [-0.05, 0) is 54.7 Å². The fraction of sp³-hybridized carbons (Fsp3) is 0.400. The van der Waals surface area contributed by atoms with Crippen LogP contribution in [0.2, 0.25) is 0 Å². The summed E-state index contributed by atoms with van der Waals surface area (Å²) in [4.78, 5) is 47.2. The molecule has 11 heteroatoms. The van der Waals surface area contributed by atoms with Crippen LogP contribution in [-0.4, -0.2) is 82.5 Å². The number of ether oxygens (including phenoxy) is 2. The number of likely N-dealkylation sites (tertiary alicyclic amines) is 1. The van der Waals surface area contributed by atoms with Gasteiger partial charge in [-0.15, -0.1) is 11.3 Å². The van der Waals surface area contributed by atoms with Crippen LogP contribution in [0, 0.1) is 0 Å². The number of carbonyl (C=O) groups is 3. The van der Waals surface area contributed by atoms with E-state index >= 15 is 0 Å². The van der Waals surface area contributed by atoms with Crippen LogP contribution in [0.5, 0.6) is 11.5 Å². The number of hydrogen-bond acceptors (Lipinski definition) is 8. The van der Waals surface area contributed by atoms with E-state index in [-0.39, 0.29) is 56.5 Å². The standard InChI is InChI=1S/C30H34N4O6S/c35-14-2-12-33-18-28(36)32-25-17-34(30(38)27-16-31-20-41-27)13-11-26(25)39-19-22-3-1-4-24(15-22)40-23-8-5-21(6-9-23)7-10-29(33)37/h1,3-6,8-9,15-16,20,25-26,35H,2,7,10-14,17-19H2,(H,32,36)/t25-,26-/m0/s1. The lowest BCUT2D eigenvalue weighted by molar-refractivity contribution is -0.137. The van der Waals surface area contributed by atoms with Crippen molar-refractivity contribution in [3.8, 4) is 11.5 Å². The minimum atomic E-state index is -0.472. The summed E-state index contributed by atoms with van der Waals surface area (Å²) in [6.45, 7) is 1.10. The first-order valence-electron chi connectivity index (χ1n) is 13.8. The molecule has 1 saturated heterocycles. The molecule has 1 fully saturated rings. The van der Waals surface area contributed by atoms with E-state index in [2.05, 4.69) is 10.3 Å². The maximum Gasteiger partial charge on any atom is 0.265 e. The van der Waals surface area contributed by atoms with Crippen molar-refractivity contribution in [3.63, 3.8) is 0 Å². The van der Waals surface area contributed by atoms with Crippen molar-refractivity contribution in [2.75, 3.05) is 32.8 Å². The molecule has 10 nitrogen and oxygen atoms in total. The number of nitrogens with zero attached hydrogens (tertiary/aromatic N) is 3. The first kappa shape index (κ1) is 28.7. The lowest BCUT2D eigenvalue weighted by Gasteiger charge is -2.39. The second-order valence-electron chi connectivity index (χ2n) is 10.2. The number of amides is 3. The molecule has 2 N–H and O–H groups in total. The first-order valence-corrected chi connectivity index (χ1v) is 14.7. The number of carbonyl (C=O) groups excluding carboxylic acids is 3. The van der Waals surface area contributed by atoms with Crippen LogP contribution in [-0.2, 0) is 27.4 Å². The summed E-state index contributed by atoms with van der Waals surface area (Å²) in [5, 5.41) is 12.4. The highest BCUT2D eigenvalue weighted by molar-refractivity contribution is 7.11. The van der Waals surface area contributed by atoms with Crippen molar-refractivity contribution >= 4 is 29.1 Å². The Hall–Kier alpha value is -3.80. The van der Waals surface area contributed by atoms with Crippen LogP contribution in [0.4, 0.5) is 0 Å². The third-order valence-electron chi connectivity index (χ3n) is 7.25. The molecule has 0 spiro atoms. The fourth-order valence-electron chi connectivity index (χ4n) is 5.08. The number of aryl methyl sites for hydroxylation is 1. The number of nitrogens with one attached hydrogen (secondary N) is 1. The predicted molar refractivity (Wildman–Crippen MR) is 153 cm³/mol. The molecule has 3 amide bonds. The Morgan fingerprint density at radius 1 is 1.10 bits per heavy atom. The molecular formula is C30H34N4O6S. The van der Waals surface area contributed by atoms with Crippen molar-refractivity contribution in [1.82, 2.24) is 20.1 Å². The van der Waals surface area contributed by atoms with Gasteiger partial charge in [0.25, 0.3) is 5.91 Å². The monoisotopic (exact) mass is 578 g/mol. The van der Waals surface area contributed by atoms with Gasteiger partial charge in [0.1, 0.15) is 16.4 Å². The lowest BCUT2D eigenvalue weighted by atomic mass is 10.0. The number of piperidine rings is 1. The minimum absolute atomic E-state index is 0.0826. The number of hydrogen-bond donors (Lipinski definition) is 2. The van der Waals surface area contributed by atoms with Gasteiger partial charge in [0, 0.05) is 32.7 Å². The largest absolute Gasteiger partial charge is 0.457 e. The van der Waals surface area contributed by atoms with E-state index in [1.807, 2.05) is 48.5 Å². The zero-order valence-corrected chi connectivity index (χ0v) is 23.6. The number of thiazole rings is 1. The van der Waals surface area contributed by atoms with Crippen molar-refractivity contribution < 1.29 is 29.0 Å². The highest BCUT2D eigenvalue weighted by atomic mass is 32.1. The summed E-state index contributed by atoms with van der Waals surface area (Å²) in [6, 6.07) is 14.8. The van der Waals surface area contributed by atoms with E-state index in [0.717, 1.165) is 11.1 Å². The fourth-order valence-corrected chi connectivity index (χ4v) is 5.67. The van der Waals surface area contributed by atoms with Crippen LogP contribution < -0.4 is 10.1 Å². The van der Waals surface area contributed by atoms with E-state index in [0.29, 0.717) is 48.8 Å². The summed E-state index contributed by atoms with van der Waals surface area (Å²) in [5.41, 5.74) is 3.52. The van der Waals surface area contributed by atoms with Gasteiger partial charge in [0.2, 0.25) is 11.8 Å². The van der Waals surface area contributed by atoms with Crippen LogP contribution in [0.25, 0.3) is 0 Å². The van der Waals surface area contributed by atoms with Crippen LogP contribution in [0.1, 0.15) is 40.1 Å². The van der Waals surface area contributed by atoms with E-state index in [1.165, 1.54) is 16.2 Å². The highest BCUT2D eigenvalue weighted by Crippen LogP contribution is 2.25. The SMILES string of the molecule is O=C1CN(CCCO)C(=O)CCc2ccc(cc2)Oc2cccc(c2)CO[C@H]2CCN(C(=O)c3cncs3)C[C@@H]2N1. The van der Waals surface area contributed by atoms with Gasteiger partial charge in [-0.2, -0.15) is 0 Å². The molecule has 0 saturated carbocycles. The third-order valence-corrected chi connectivity index (χ3v) is 8.01. The molecule has 1 aromatic heterocycles. The molecule has 0 unspecified atom stereocenters. The second kappa shape index (κ2) is 13.7. The molecule has 0 radical (unpaired) electrons. The van der Waals surface area contributed by atoms with Gasteiger partial charge in [-0.25, -0.2) is 0 Å². The van der Waals surface area contributed by atoms with Crippen LogP contribution >= 0.6 is 11.3 Å². The van der Waals surface area contributed by atoms with E-state index in [4.69, 9.17) is 9.47 Å². The average Bonchev–Trinajstić information content (AvgIpc) is 3.53. The summed E-state index contributed by atoms with van der Waals surface area (Å²) < 4.78 is 12.4. The molecule has 41 heavy (non-hydrogen) atoms. The molecule has 6 rings (SSSR count). The molecule has 4 heterocycles. The quantitative estimate of drug-likeness (QED) is 0.488. The summed E-state index contributed by atoms with van der Waals surface area (Å²) in [5.74, 6) is 0.739. The Kier molecular flexibility index (Phi) is 9.60. The second-order valence-corrected chi connectivity index (χ2v) is 11.1. The van der Waals surface area contributed by atoms with Crippen molar-refractivity contribution in [1.29, 1.82) is 0 Å². The lowest BCUT2D eigenvalue weighted by Crippen LogP contribution is -2.58. The van der Waals surface area contributed by atoms with Gasteiger partial charge in [0.15, 0.2) is 0 Å². The highest BCUT2D eigenvalue weighted by Gasteiger charge is 2.34. The Balaban J connectivity index is 1.38. The molecule has 4 bridgehead atoms. The van der Waals surface area contributed by atoms with Crippen LogP contribution in [0.15, 0.2) is 60.2 Å². The third kappa shape index (κ3) is 7.69. The maximum absolute atomic E-state index is 13.3. The Labute approximate surface area is 242 Å². The predicted octanol–water partition coefficient (Wildman–Crippen LogP) is 3.01. The van der Waals surface area contributed by atoms with Gasteiger partial charge in [0.05, 0.1) is 37.0 Å². The molecule has 2 atom stereocenters. The average molecular weight is 579 g/mol. The van der Waals surface area contributed by atoms with Crippen molar-refractivity contribution in [3.05, 3.63) is 76.2 Å². The minimum Gasteiger partial charge on any atom is -0.457 e. The van der Waals surface area contributed by atoms with Crippen molar-refractivity contribution in [2.24, 2.45) is 0 Å². The molecule has 3 aliphatic rings. The van der Waals surface area contributed by atoms with Crippen molar-refractivity contribution in [2.45, 2.75) is 44.4 Å². The molecular weight excluding hydrogens is 544 g/mol. The van der Waals surface area contributed by atoms with Gasteiger partial charge >= 0.3 is 0 Å². The topological polar surface area (TPSA) is 121 Å². The number of aromatic nitrogens is 1. The van der Waals surface area contributed by atoms with Crippen LogP contribution in [0.3, 0.4) is 0 Å². The van der Waals surface area contributed by atoms with E-state index < -0.39 is 6.04 Å². The summed E-state index contributed by atoms with van der Waals surface area (Å²) in [7, 11) is 0. The normalized spacial score (nSPS) is 20.3. The number of fused-ring (bicyclic) bond motifs is 9. The summed E-state index contributed by atoms with van der Waals surface area (Å²) >= 11 is 1.28. The molecule has 0 aliphatic carbocycles. The van der Waals surface area contributed by atoms with Gasteiger partial charge in [-0.1, -0.05) is 24.3 Å². The molecule has 2 aromatic carbocycles. The van der Waals surface area contributed by atoms with E-state index in [9.17, 15) is 19.5 Å². The molecule has 3 aliphatic heterocycles. The molecule has 3 aromatic rings. The zero-order chi connectivity index (χ0) is 28.6. The number of aliphatic hydroxyl groups is 1. The zero-order valence-electron chi connectivity index (χ0n) is 22.7. The van der Waals surface area contributed by atoms with Gasteiger partial charge in [-0.3, -0.25) is 19.4 Å². The maximum atomic E-state index is 13.3. The smallest absolute Gasteiger partial charge is 0.265 e. The van der Waals surface area contributed by atoms with E-state index in [1.54, 1.807) is 16.6 Å². The Morgan fingerprint density at radius 3 is 2.73 bits per heavy atom. The Morgan fingerprint density at radius 2 is 1.95 bits per heavy atom. The number of rotatable bonds is 4. The van der Waals surface area contributed by atoms with Gasteiger partial charge < -0.3 is 29.7 Å². The Bertz CT molecular complexity index is 1330. The first-order chi connectivity index (χ1) is 20.0. The molecule has 216 valence electrons.